The van der Waals surface area contributed by atoms with Crippen LogP contribution >= 0.6 is 0 Å². The van der Waals surface area contributed by atoms with E-state index in [1.165, 1.54) is 17.2 Å². The van der Waals surface area contributed by atoms with Crippen molar-refractivity contribution in [3.63, 3.8) is 0 Å². The van der Waals surface area contributed by atoms with Crippen LogP contribution in [0.4, 0.5) is 0 Å². The van der Waals surface area contributed by atoms with Gasteiger partial charge in [-0.25, -0.2) is 9.78 Å². The molecule has 0 aromatic carbocycles. The number of hydrogen-bond donors (Lipinski definition) is 3. The molecule has 0 radical (unpaired) electrons. The number of aliphatic hydroxyl groups is 2. The first-order valence-corrected chi connectivity index (χ1v) is 12.9. The van der Waals surface area contributed by atoms with Gasteiger partial charge in [-0.1, -0.05) is 56.7 Å². The number of aromatic nitrogens is 1. The van der Waals surface area contributed by atoms with Crippen molar-refractivity contribution < 1.29 is 33.8 Å². The summed E-state index contributed by atoms with van der Waals surface area (Å²) in [5.41, 5.74) is 0.909. The number of hydrogen-bond acceptors (Lipinski definition) is 8. The van der Waals surface area contributed by atoms with E-state index in [1.807, 2.05) is 20.8 Å². The first kappa shape index (κ1) is 29.1. The van der Waals surface area contributed by atoms with Gasteiger partial charge < -0.3 is 29.6 Å². The SMILES string of the molecule is CC1=C/[C@@H](O)C[C@@H](O)Cc2nc(co2)C(=O)N2CCC=C2C(=O)O[C@@H](C(C)C)[C@@H](C)/C=C\C(=O)NC/C=C\1. The Hall–Kier alpha value is -3.50. The van der Waals surface area contributed by atoms with Crippen LogP contribution in [0.25, 0.3) is 0 Å². The van der Waals surface area contributed by atoms with E-state index in [-0.39, 0.29) is 54.4 Å². The number of allylic oxidation sites excluding steroid dienone is 2. The lowest BCUT2D eigenvalue weighted by atomic mass is 9.94. The van der Waals surface area contributed by atoms with Crippen molar-refractivity contribution in [2.75, 3.05) is 13.1 Å². The van der Waals surface area contributed by atoms with Crippen LogP contribution in [0, 0.1) is 11.8 Å². The molecule has 0 saturated carbocycles. The highest BCUT2D eigenvalue weighted by Crippen LogP contribution is 2.24. The second-order valence-electron chi connectivity index (χ2n) is 10.0. The summed E-state index contributed by atoms with van der Waals surface area (Å²) in [5.74, 6) is -1.58. The largest absolute Gasteiger partial charge is 0.457 e. The monoisotopic (exact) mass is 527 g/mol. The van der Waals surface area contributed by atoms with Crippen molar-refractivity contribution in [3.05, 3.63) is 65.6 Å². The van der Waals surface area contributed by atoms with Crippen LogP contribution in [-0.4, -0.2) is 69.3 Å². The molecule has 2 aliphatic rings. The van der Waals surface area contributed by atoms with E-state index < -0.39 is 30.2 Å². The van der Waals surface area contributed by atoms with Gasteiger partial charge in [-0.3, -0.25) is 9.59 Å². The number of aliphatic hydroxyl groups excluding tert-OH is 2. The smallest absolute Gasteiger partial charge is 0.355 e. The van der Waals surface area contributed by atoms with Gasteiger partial charge in [0.1, 0.15) is 18.1 Å². The summed E-state index contributed by atoms with van der Waals surface area (Å²) in [7, 11) is 0. The molecule has 2 amide bonds. The number of carbonyl (C=O) groups excluding carboxylic acids is 3. The normalized spacial score (nSPS) is 29.6. The first-order valence-electron chi connectivity index (χ1n) is 12.9. The van der Waals surface area contributed by atoms with Crippen LogP contribution in [0.1, 0.15) is 56.9 Å². The van der Waals surface area contributed by atoms with Crippen molar-refractivity contribution >= 4 is 17.8 Å². The number of fused-ring (bicyclic) bond motifs is 3. The lowest BCUT2D eigenvalue weighted by Gasteiger charge is -2.27. The topological polar surface area (TPSA) is 142 Å². The summed E-state index contributed by atoms with van der Waals surface area (Å²) < 4.78 is 11.2. The fraction of sp³-hybridized carbons (Fsp3) is 0.500. The van der Waals surface area contributed by atoms with Crippen molar-refractivity contribution in [1.82, 2.24) is 15.2 Å². The van der Waals surface area contributed by atoms with Crippen molar-refractivity contribution in [2.24, 2.45) is 11.8 Å². The minimum Gasteiger partial charge on any atom is -0.457 e. The van der Waals surface area contributed by atoms with Crippen LogP contribution in [0.15, 0.2) is 58.4 Å². The Labute approximate surface area is 222 Å². The molecule has 206 valence electrons. The molecule has 1 aromatic heterocycles. The second-order valence-corrected chi connectivity index (χ2v) is 10.0. The standard InChI is InChI=1S/C28H37N3O7/c1-17(2)26-19(4)9-10-24(34)29-11-5-7-18(3)13-20(32)14-21(33)15-25-30-22(16-37-25)27(35)31-12-6-8-23(31)28(36)38-26/h5,7-10,13,16-17,19-21,26,32-33H,6,11-12,14-15H2,1-4H3,(H,29,34)/b7-5-,10-9-,18-13-/t19-,20+,21+,26-/m0/s1. The van der Waals surface area contributed by atoms with E-state index in [2.05, 4.69) is 10.3 Å². The summed E-state index contributed by atoms with van der Waals surface area (Å²) in [5, 5.41) is 23.5. The van der Waals surface area contributed by atoms with Crippen molar-refractivity contribution in [2.45, 2.75) is 65.3 Å². The maximum Gasteiger partial charge on any atom is 0.355 e. The van der Waals surface area contributed by atoms with Crippen LogP contribution < -0.4 is 5.32 Å². The Morgan fingerprint density at radius 2 is 1.95 bits per heavy atom. The molecule has 2 bridgehead atoms. The quantitative estimate of drug-likeness (QED) is 0.473. The third-order valence-electron chi connectivity index (χ3n) is 6.33. The molecular formula is C28H37N3O7. The van der Waals surface area contributed by atoms with Gasteiger partial charge in [0.15, 0.2) is 11.6 Å². The average Bonchev–Trinajstić information content (AvgIpc) is 3.52. The number of amides is 2. The molecule has 3 heterocycles. The van der Waals surface area contributed by atoms with E-state index in [4.69, 9.17) is 9.15 Å². The number of cyclic esters (lactones) is 1. The van der Waals surface area contributed by atoms with Gasteiger partial charge in [0.25, 0.3) is 5.91 Å². The number of esters is 1. The Morgan fingerprint density at radius 3 is 2.68 bits per heavy atom. The van der Waals surface area contributed by atoms with Gasteiger partial charge in [0.2, 0.25) is 5.91 Å². The molecule has 3 rings (SSSR count). The molecule has 0 spiro atoms. The maximum absolute atomic E-state index is 13.1. The number of nitrogens with one attached hydrogen (secondary N) is 1. The Kier molecular flexibility index (Phi) is 10.2. The zero-order valence-electron chi connectivity index (χ0n) is 22.3. The maximum atomic E-state index is 13.1. The highest BCUT2D eigenvalue weighted by Gasteiger charge is 2.33. The molecule has 1 aromatic rings. The number of nitrogens with zero attached hydrogens (tertiary/aromatic N) is 2. The molecule has 0 aliphatic carbocycles. The van der Waals surface area contributed by atoms with Gasteiger partial charge in [-0.15, -0.1) is 0 Å². The molecule has 4 atom stereocenters. The van der Waals surface area contributed by atoms with E-state index in [0.717, 1.165) is 5.57 Å². The predicted molar refractivity (Wildman–Crippen MR) is 140 cm³/mol. The van der Waals surface area contributed by atoms with Gasteiger partial charge in [-0.2, -0.15) is 0 Å². The molecule has 0 unspecified atom stereocenters. The molecule has 0 saturated heterocycles. The number of oxazole rings is 1. The second kappa shape index (κ2) is 13.3. The molecule has 10 heteroatoms. The first-order chi connectivity index (χ1) is 18.0. The lowest BCUT2D eigenvalue weighted by Crippen LogP contribution is -2.36. The Morgan fingerprint density at radius 1 is 1.18 bits per heavy atom. The van der Waals surface area contributed by atoms with Crippen molar-refractivity contribution in [3.8, 4) is 0 Å². The van der Waals surface area contributed by atoms with Crippen LogP contribution in [-0.2, 0) is 20.7 Å². The number of rotatable bonds is 1. The summed E-state index contributed by atoms with van der Waals surface area (Å²) in [6, 6.07) is 0. The van der Waals surface area contributed by atoms with E-state index >= 15 is 0 Å². The number of carbonyl (C=O) groups is 3. The fourth-order valence-electron chi connectivity index (χ4n) is 4.44. The lowest BCUT2D eigenvalue weighted by molar-refractivity contribution is -0.149. The molecule has 10 nitrogen and oxygen atoms in total. The van der Waals surface area contributed by atoms with Gasteiger partial charge in [0.05, 0.1) is 18.6 Å². The minimum absolute atomic E-state index is 0.00476. The zero-order chi connectivity index (χ0) is 27.8. The van der Waals surface area contributed by atoms with Crippen LogP contribution in [0.5, 0.6) is 0 Å². The predicted octanol–water partition coefficient (Wildman–Crippen LogP) is 2.45. The minimum atomic E-state index is -0.959. The average molecular weight is 528 g/mol. The Bertz CT molecular complexity index is 1130. The van der Waals surface area contributed by atoms with Gasteiger partial charge in [0, 0.05) is 25.4 Å². The van der Waals surface area contributed by atoms with Crippen LogP contribution in [0.2, 0.25) is 0 Å². The van der Waals surface area contributed by atoms with Gasteiger partial charge in [-0.05, 0) is 25.3 Å². The highest BCUT2D eigenvalue weighted by molar-refractivity contribution is 6.00. The zero-order valence-corrected chi connectivity index (χ0v) is 22.3. The summed E-state index contributed by atoms with van der Waals surface area (Å²) >= 11 is 0. The van der Waals surface area contributed by atoms with Gasteiger partial charge >= 0.3 is 5.97 Å². The van der Waals surface area contributed by atoms with Crippen molar-refractivity contribution in [1.29, 1.82) is 0 Å². The molecule has 38 heavy (non-hydrogen) atoms. The molecule has 3 N–H and O–H groups in total. The number of ether oxygens (including phenoxy) is 1. The van der Waals surface area contributed by atoms with E-state index in [0.29, 0.717) is 13.0 Å². The summed E-state index contributed by atoms with van der Waals surface area (Å²) in [4.78, 5) is 44.0. The third-order valence-corrected chi connectivity index (χ3v) is 6.33. The molecule has 0 fully saturated rings. The fourth-order valence-corrected chi connectivity index (χ4v) is 4.44. The molecular weight excluding hydrogens is 490 g/mol. The third kappa shape index (κ3) is 8.00. The highest BCUT2D eigenvalue weighted by atomic mass is 16.5. The molecule has 2 aliphatic heterocycles. The Balaban J connectivity index is 1.86. The summed E-state index contributed by atoms with van der Waals surface area (Å²) in [6.45, 7) is 8.08. The van der Waals surface area contributed by atoms with E-state index in [1.54, 1.807) is 37.3 Å². The summed E-state index contributed by atoms with van der Waals surface area (Å²) in [6.07, 6.45) is 9.22. The van der Waals surface area contributed by atoms with Crippen LogP contribution in [0.3, 0.4) is 0 Å². The van der Waals surface area contributed by atoms with E-state index in [9.17, 15) is 24.6 Å².